The van der Waals surface area contributed by atoms with Gasteiger partial charge in [0.2, 0.25) is 0 Å². The van der Waals surface area contributed by atoms with Crippen molar-refractivity contribution in [3.63, 3.8) is 0 Å². The lowest BCUT2D eigenvalue weighted by molar-refractivity contribution is -0.138. The number of nitrogens with two attached hydrogens (primary N) is 2. The Hall–Kier alpha value is -3.00. The van der Waals surface area contributed by atoms with Crippen LogP contribution in [0.5, 0.6) is 5.75 Å². The molecule has 1 saturated heterocycles. The van der Waals surface area contributed by atoms with E-state index in [0.29, 0.717) is 22.9 Å². The third-order valence-electron chi connectivity index (χ3n) is 4.06. The summed E-state index contributed by atoms with van der Waals surface area (Å²) in [7, 11) is 1.92. The van der Waals surface area contributed by atoms with Crippen LogP contribution in [0, 0.1) is 0 Å². The van der Waals surface area contributed by atoms with E-state index in [2.05, 4.69) is 15.2 Å². The van der Waals surface area contributed by atoms with Gasteiger partial charge in [0.05, 0.1) is 0 Å². The van der Waals surface area contributed by atoms with E-state index < -0.39 is 0 Å². The number of carbonyl (C=O) groups is 1. The molecule has 8 heteroatoms. The first-order chi connectivity index (χ1) is 12.0. The van der Waals surface area contributed by atoms with E-state index in [1.807, 2.05) is 11.9 Å². The van der Waals surface area contributed by atoms with Gasteiger partial charge in [-0.2, -0.15) is 0 Å². The Bertz CT molecular complexity index is 807. The molecule has 25 heavy (non-hydrogen) atoms. The summed E-state index contributed by atoms with van der Waals surface area (Å²) in [4.78, 5) is 18.3. The van der Waals surface area contributed by atoms with E-state index in [0.717, 1.165) is 19.4 Å². The van der Waals surface area contributed by atoms with Crippen LogP contribution in [0.1, 0.15) is 12.8 Å². The molecule has 2 heterocycles. The Balaban J connectivity index is 1.78. The van der Waals surface area contributed by atoms with Crippen LogP contribution in [0.25, 0.3) is 0 Å². The Labute approximate surface area is 145 Å². The molecule has 1 aliphatic rings. The number of hydrogen-bond acceptors (Lipinski definition) is 8. The molecule has 0 aliphatic carbocycles. The van der Waals surface area contributed by atoms with Gasteiger partial charge in [-0.25, -0.2) is 9.78 Å². The number of likely N-dealkylation sites (N-methyl/N-ethyl adjacent to an activating group) is 1. The second kappa shape index (κ2) is 7.27. The first-order valence-corrected chi connectivity index (χ1v) is 7.99. The molecule has 0 amide bonds. The summed E-state index contributed by atoms with van der Waals surface area (Å²) in [5.41, 5.74) is 12.2. The third-order valence-corrected chi connectivity index (χ3v) is 4.06. The Morgan fingerprint density at radius 3 is 2.68 bits per heavy atom. The number of ether oxygens (including phenoxy) is 1. The van der Waals surface area contributed by atoms with Gasteiger partial charge in [0.1, 0.15) is 23.2 Å². The van der Waals surface area contributed by atoms with Crippen molar-refractivity contribution in [1.29, 1.82) is 0 Å². The van der Waals surface area contributed by atoms with Crippen LogP contribution in [-0.4, -0.2) is 35.5 Å². The van der Waals surface area contributed by atoms with Crippen LogP contribution in [0.3, 0.4) is 0 Å². The molecule has 0 unspecified atom stereocenters. The maximum Gasteiger partial charge on any atom is 0.328 e. The van der Waals surface area contributed by atoms with Crippen LogP contribution in [0.2, 0.25) is 0 Å². The highest BCUT2D eigenvalue weighted by atomic mass is 16.5. The molecular weight excluding hydrogens is 320 g/mol. The lowest BCUT2D eigenvalue weighted by atomic mass is 10.2. The molecular formula is C17H20N6O2. The van der Waals surface area contributed by atoms with Crippen LogP contribution in [-0.2, 0) is 4.79 Å². The van der Waals surface area contributed by atoms with E-state index in [-0.39, 0.29) is 17.8 Å². The summed E-state index contributed by atoms with van der Waals surface area (Å²) in [5, 5.41) is 8.22. The molecule has 8 nitrogen and oxygen atoms in total. The fraction of sp³-hybridized carbons (Fsp3) is 0.294. The highest BCUT2D eigenvalue weighted by Gasteiger charge is 2.29. The highest BCUT2D eigenvalue weighted by Crippen LogP contribution is 2.31. The van der Waals surface area contributed by atoms with Gasteiger partial charge in [0.15, 0.2) is 11.6 Å². The first-order valence-electron chi connectivity index (χ1n) is 7.99. The van der Waals surface area contributed by atoms with Gasteiger partial charge < -0.3 is 16.2 Å². The number of hydrogen-bond donors (Lipinski definition) is 2. The lowest BCUT2D eigenvalue weighted by Gasteiger charge is -2.17. The number of azo groups is 1. The van der Waals surface area contributed by atoms with Crippen molar-refractivity contribution in [2.45, 2.75) is 18.9 Å². The minimum atomic E-state index is -0.281. The minimum absolute atomic E-state index is 0.186. The minimum Gasteiger partial charge on any atom is -0.423 e. The summed E-state index contributed by atoms with van der Waals surface area (Å²) < 4.78 is 5.54. The van der Waals surface area contributed by atoms with Crippen molar-refractivity contribution in [3.8, 4) is 5.75 Å². The Morgan fingerprint density at radius 2 is 1.96 bits per heavy atom. The first kappa shape index (κ1) is 16.8. The van der Waals surface area contributed by atoms with Gasteiger partial charge in [0, 0.05) is 0 Å². The van der Waals surface area contributed by atoms with Gasteiger partial charge >= 0.3 is 5.97 Å². The van der Waals surface area contributed by atoms with Gasteiger partial charge in [-0.3, -0.25) is 4.90 Å². The second-order valence-corrected chi connectivity index (χ2v) is 5.87. The van der Waals surface area contributed by atoms with Gasteiger partial charge in [-0.1, -0.05) is 12.1 Å². The molecule has 0 bridgehead atoms. The van der Waals surface area contributed by atoms with E-state index in [9.17, 15) is 4.79 Å². The Morgan fingerprint density at radius 1 is 1.20 bits per heavy atom. The summed E-state index contributed by atoms with van der Waals surface area (Å²) in [6.45, 7) is 0.893. The zero-order valence-electron chi connectivity index (χ0n) is 13.9. The van der Waals surface area contributed by atoms with Crippen LogP contribution >= 0.6 is 0 Å². The molecule has 0 radical (unpaired) electrons. The fourth-order valence-electron chi connectivity index (χ4n) is 2.69. The molecule has 1 aromatic carbocycles. The normalized spacial score (nSPS) is 17.9. The molecule has 1 fully saturated rings. The number of anilines is 2. The van der Waals surface area contributed by atoms with Gasteiger partial charge in [0.25, 0.3) is 0 Å². The number of aromatic nitrogens is 1. The molecule has 0 saturated carbocycles. The van der Waals surface area contributed by atoms with Crippen LogP contribution < -0.4 is 16.2 Å². The largest absolute Gasteiger partial charge is 0.423 e. The molecule has 1 atom stereocenters. The third kappa shape index (κ3) is 3.92. The average Bonchev–Trinajstić information content (AvgIpc) is 3.01. The monoisotopic (exact) mass is 340 g/mol. The predicted molar refractivity (Wildman–Crippen MR) is 95.0 cm³/mol. The number of nitrogens with zero attached hydrogens (tertiary/aromatic N) is 4. The highest BCUT2D eigenvalue weighted by molar-refractivity contribution is 5.79. The van der Waals surface area contributed by atoms with E-state index >= 15 is 0 Å². The second-order valence-electron chi connectivity index (χ2n) is 5.87. The van der Waals surface area contributed by atoms with Gasteiger partial charge in [-0.05, 0) is 50.7 Å². The number of rotatable bonds is 4. The number of pyridine rings is 1. The average molecular weight is 340 g/mol. The van der Waals surface area contributed by atoms with E-state index in [4.69, 9.17) is 16.2 Å². The molecule has 1 aromatic heterocycles. The zero-order valence-corrected chi connectivity index (χ0v) is 13.9. The number of carbonyl (C=O) groups excluding carboxylic acids is 1. The molecule has 1 aliphatic heterocycles. The number of likely N-dealkylation sites (tertiary alicyclic amines) is 1. The summed E-state index contributed by atoms with van der Waals surface area (Å²) in [6.07, 6.45) is 1.79. The molecule has 2 aromatic rings. The zero-order chi connectivity index (χ0) is 17.8. The number of para-hydroxylation sites is 1. The molecule has 0 spiro atoms. The summed E-state index contributed by atoms with van der Waals surface area (Å²) in [6, 6.07) is 9.96. The number of nitrogen functional groups attached to an aromatic ring is 2. The Kier molecular flexibility index (Phi) is 4.90. The van der Waals surface area contributed by atoms with Crippen molar-refractivity contribution in [2.24, 2.45) is 10.2 Å². The topological polar surface area (TPSA) is 119 Å². The maximum atomic E-state index is 12.4. The van der Waals surface area contributed by atoms with Crippen LogP contribution in [0.4, 0.5) is 23.0 Å². The van der Waals surface area contributed by atoms with E-state index in [1.54, 1.807) is 36.4 Å². The van der Waals surface area contributed by atoms with Crippen molar-refractivity contribution < 1.29 is 9.53 Å². The lowest BCUT2D eigenvalue weighted by Crippen LogP contribution is -2.35. The molecule has 4 N–H and O–H groups in total. The SMILES string of the molecule is CN1CCC[C@H]1C(=O)Oc1ccccc1/N=N/c1ccc(N)nc1N. The van der Waals surface area contributed by atoms with Gasteiger partial charge in [-0.15, -0.1) is 10.2 Å². The number of benzene rings is 1. The summed E-state index contributed by atoms with van der Waals surface area (Å²) in [5.74, 6) is 0.576. The van der Waals surface area contributed by atoms with Crippen LogP contribution in [0.15, 0.2) is 46.6 Å². The summed E-state index contributed by atoms with van der Waals surface area (Å²) >= 11 is 0. The fourth-order valence-corrected chi connectivity index (χ4v) is 2.69. The predicted octanol–water partition coefficient (Wildman–Crippen LogP) is 2.66. The quantitative estimate of drug-likeness (QED) is 0.501. The molecule has 130 valence electrons. The smallest absolute Gasteiger partial charge is 0.328 e. The van der Waals surface area contributed by atoms with Crippen molar-refractivity contribution in [2.75, 3.05) is 25.1 Å². The van der Waals surface area contributed by atoms with Crippen molar-refractivity contribution >= 4 is 29.0 Å². The van der Waals surface area contributed by atoms with E-state index in [1.165, 1.54) is 0 Å². The molecule has 3 rings (SSSR count). The number of esters is 1. The van der Waals surface area contributed by atoms with Crippen molar-refractivity contribution in [3.05, 3.63) is 36.4 Å². The maximum absolute atomic E-state index is 12.4. The standard InChI is InChI=1S/C17H20N6O2/c1-23-10-4-6-13(23)17(24)25-14-7-3-2-5-11(14)21-22-12-8-9-15(18)20-16(12)19/h2-3,5,7-9,13H,4,6,10H2,1H3,(H4,18,19,20)/b22-21+/t13-/m0/s1. The van der Waals surface area contributed by atoms with Crippen molar-refractivity contribution in [1.82, 2.24) is 9.88 Å².